The molecular weight excluding hydrogens is 280 g/mol. The Morgan fingerprint density at radius 3 is 2.64 bits per heavy atom. The van der Waals surface area contributed by atoms with Crippen LogP contribution in [0.2, 0.25) is 0 Å². The maximum absolute atomic E-state index is 11.2. The van der Waals surface area contributed by atoms with Crippen LogP contribution in [-0.4, -0.2) is 15.8 Å². The van der Waals surface area contributed by atoms with E-state index in [4.69, 9.17) is 0 Å². The molecule has 0 amide bonds. The van der Waals surface area contributed by atoms with Gasteiger partial charge >= 0.3 is 0 Å². The van der Waals surface area contributed by atoms with E-state index in [1.54, 1.807) is 18.2 Å². The second-order valence-electron chi connectivity index (χ2n) is 5.43. The number of fused-ring (bicyclic) bond motifs is 1. The summed E-state index contributed by atoms with van der Waals surface area (Å²) in [5.74, 6) is -0.115. The van der Waals surface area contributed by atoms with Crippen LogP contribution in [0, 0.1) is 10.1 Å². The number of oxime groups is 1. The van der Waals surface area contributed by atoms with Crippen LogP contribution in [0.25, 0.3) is 0 Å². The van der Waals surface area contributed by atoms with E-state index >= 15 is 0 Å². The van der Waals surface area contributed by atoms with Crippen molar-refractivity contribution in [2.24, 2.45) is 5.16 Å². The summed E-state index contributed by atoms with van der Waals surface area (Å²) in [4.78, 5) is 10.8. The van der Waals surface area contributed by atoms with Crippen LogP contribution in [0.4, 0.5) is 5.69 Å². The summed E-state index contributed by atoms with van der Waals surface area (Å²) < 4.78 is 0. The minimum absolute atomic E-state index is 0.114. The number of nitro benzene ring substituents is 1. The molecule has 0 heterocycles. The summed E-state index contributed by atoms with van der Waals surface area (Å²) >= 11 is 0. The molecule has 5 heteroatoms. The summed E-state index contributed by atoms with van der Waals surface area (Å²) in [6.45, 7) is 0. The van der Waals surface area contributed by atoms with E-state index in [1.807, 2.05) is 18.2 Å². The third-order valence-electron chi connectivity index (χ3n) is 4.22. The molecule has 22 heavy (non-hydrogen) atoms. The molecule has 2 aromatic carbocycles. The van der Waals surface area contributed by atoms with Crippen molar-refractivity contribution in [3.8, 4) is 0 Å². The molecule has 0 saturated heterocycles. The number of hydrogen-bond acceptors (Lipinski definition) is 4. The fraction of sp³-hybridized carbons (Fsp3) is 0.235. The van der Waals surface area contributed by atoms with Crippen LogP contribution in [0.5, 0.6) is 0 Å². The lowest BCUT2D eigenvalue weighted by molar-refractivity contribution is -0.385. The van der Waals surface area contributed by atoms with E-state index in [9.17, 15) is 15.3 Å². The average molecular weight is 296 g/mol. The predicted octanol–water partition coefficient (Wildman–Crippen LogP) is 3.70. The van der Waals surface area contributed by atoms with Crippen molar-refractivity contribution in [2.45, 2.75) is 25.2 Å². The van der Waals surface area contributed by atoms with Gasteiger partial charge in [-0.05, 0) is 30.4 Å². The highest BCUT2D eigenvalue weighted by atomic mass is 16.6. The highest BCUT2D eigenvalue weighted by Gasteiger charge is 2.28. The van der Waals surface area contributed by atoms with E-state index in [1.165, 1.54) is 11.6 Å². The molecule has 1 N–H and O–H groups in total. The van der Waals surface area contributed by atoms with Crippen molar-refractivity contribution >= 4 is 11.4 Å². The highest BCUT2D eigenvalue weighted by Crippen LogP contribution is 2.34. The lowest BCUT2D eigenvalue weighted by Gasteiger charge is -2.26. The molecular formula is C17H16N2O3. The standard InChI is InChI=1S/C17H16N2O3/c20-18-16-10-9-12-5-1-3-7-14(12)15(16)11-13-6-2-4-8-17(13)19(21)22/h1-8,15,20H,9-11H2/b18-16+. The van der Waals surface area contributed by atoms with Crippen molar-refractivity contribution in [1.29, 1.82) is 0 Å². The van der Waals surface area contributed by atoms with Crippen molar-refractivity contribution in [1.82, 2.24) is 0 Å². The van der Waals surface area contributed by atoms with E-state index in [0.717, 1.165) is 12.0 Å². The number of rotatable bonds is 3. The van der Waals surface area contributed by atoms with Gasteiger partial charge in [0, 0.05) is 17.5 Å². The smallest absolute Gasteiger partial charge is 0.272 e. The lowest BCUT2D eigenvalue weighted by Crippen LogP contribution is -2.23. The van der Waals surface area contributed by atoms with Crippen molar-refractivity contribution in [3.05, 3.63) is 75.3 Å². The van der Waals surface area contributed by atoms with Crippen molar-refractivity contribution in [2.75, 3.05) is 0 Å². The molecule has 0 aliphatic heterocycles. The van der Waals surface area contributed by atoms with Gasteiger partial charge in [0.05, 0.1) is 10.6 Å². The zero-order valence-electron chi connectivity index (χ0n) is 12.0. The number of nitrogens with zero attached hydrogens (tertiary/aromatic N) is 2. The summed E-state index contributed by atoms with van der Waals surface area (Å²) in [7, 11) is 0. The first-order valence-electron chi connectivity index (χ1n) is 7.21. The Balaban J connectivity index is 2.02. The Labute approximate surface area is 128 Å². The first-order valence-corrected chi connectivity index (χ1v) is 7.21. The number of nitro groups is 1. The molecule has 5 nitrogen and oxygen atoms in total. The largest absolute Gasteiger partial charge is 0.411 e. The molecule has 0 bridgehead atoms. The third kappa shape index (κ3) is 2.57. The zero-order valence-corrected chi connectivity index (χ0v) is 12.0. The molecule has 0 radical (unpaired) electrons. The molecule has 3 rings (SSSR count). The first kappa shape index (κ1) is 14.3. The van der Waals surface area contributed by atoms with Crippen LogP contribution in [0.3, 0.4) is 0 Å². The van der Waals surface area contributed by atoms with Gasteiger partial charge in [0.25, 0.3) is 5.69 Å². The van der Waals surface area contributed by atoms with Crippen molar-refractivity contribution in [3.63, 3.8) is 0 Å². The summed E-state index contributed by atoms with van der Waals surface area (Å²) in [5, 5.41) is 23.9. The summed E-state index contributed by atoms with van der Waals surface area (Å²) in [5.41, 5.74) is 3.79. The molecule has 0 spiro atoms. The SMILES string of the molecule is O=[N+]([O-])c1ccccc1CC1/C(=N/O)CCc2ccccc21. The van der Waals surface area contributed by atoms with E-state index in [-0.39, 0.29) is 16.5 Å². The van der Waals surface area contributed by atoms with E-state index < -0.39 is 0 Å². The predicted molar refractivity (Wildman–Crippen MR) is 83.5 cm³/mol. The lowest BCUT2D eigenvalue weighted by atomic mass is 9.78. The van der Waals surface area contributed by atoms with Gasteiger partial charge in [-0.2, -0.15) is 0 Å². The molecule has 112 valence electrons. The second kappa shape index (κ2) is 5.97. The monoisotopic (exact) mass is 296 g/mol. The quantitative estimate of drug-likeness (QED) is 0.533. The number of benzene rings is 2. The zero-order chi connectivity index (χ0) is 15.5. The van der Waals surface area contributed by atoms with E-state index in [2.05, 4.69) is 11.2 Å². The van der Waals surface area contributed by atoms with Gasteiger partial charge in [0.2, 0.25) is 0 Å². The Morgan fingerprint density at radius 1 is 1.14 bits per heavy atom. The van der Waals surface area contributed by atoms with Crippen LogP contribution in [0.15, 0.2) is 53.7 Å². The first-order chi connectivity index (χ1) is 10.7. The molecule has 0 aromatic heterocycles. The van der Waals surface area contributed by atoms with Gasteiger partial charge in [-0.3, -0.25) is 10.1 Å². The Kier molecular flexibility index (Phi) is 3.87. The molecule has 0 saturated carbocycles. The Hall–Kier alpha value is -2.69. The maximum Gasteiger partial charge on any atom is 0.272 e. The topological polar surface area (TPSA) is 75.7 Å². The van der Waals surface area contributed by atoms with Gasteiger partial charge in [0.1, 0.15) is 0 Å². The number of hydrogen-bond donors (Lipinski definition) is 1. The van der Waals surface area contributed by atoms with Crippen molar-refractivity contribution < 1.29 is 10.1 Å². The average Bonchev–Trinajstić information content (AvgIpc) is 2.55. The minimum Gasteiger partial charge on any atom is -0.411 e. The van der Waals surface area contributed by atoms with Gasteiger partial charge < -0.3 is 5.21 Å². The maximum atomic E-state index is 11.2. The van der Waals surface area contributed by atoms with Crippen LogP contribution in [-0.2, 0) is 12.8 Å². The molecule has 1 aliphatic rings. The van der Waals surface area contributed by atoms with Crippen LogP contribution in [0.1, 0.15) is 29.0 Å². The summed E-state index contributed by atoms with van der Waals surface area (Å²) in [6.07, 6.45) is 1.98. The molecule has 1 atom stereocenters. The van der Waals surface area contributed by atoms with Gasteiger partial charge in [-0.25, -0.2) is 0 Å². The third-order valence-corrected chi connectivity index (χ3v) is 4.22. The van der Waals surface area contributed by atoms with Gasteiger partial charge in [0.15, 0.2) is 0 Å². The minimum atomic E-state index is -0.361. The highest BCUT2D eigenvalue weighted by molar-refractivity contribution is 5.92. The van der Waals surface area contributed by atoms with Crippen LogP contribution < -0.4 is 0 Å². The van der Waals surface area contributed by atoms with E-state index in [0.29, 0.717) is 24.1 Å². The van der Waals surface area contributed by atoms with Gasteiger partial charge in [-0.15, -0.1) is 0 Å². The Morgan fingerprint density at radius 2 is 1.86 bits per heavy atom. The fourth-order valence-corrected chi connectivity index (χ4v) is 3.15. The van der Waals surface area contributed by atoms with Gasteiger partial charge in [-0.1, -0.05) is 47.6 Å². The number of aryl methyl sites for hydroxylation is 1. The molecule has 1 aliphatic carbocycles. The Bertz CT molecular complexity index is 740. The summed E-state index contributed by atoms with van der Waals surface area (Å²) in [6, 6.07) is 14.8. The second-order valence-corrected chi connectivity index (χ2v) is 5.43. The fourth-order valence-electron chi connectivity index (χ4n) is 3.15. The molecule has 1 unspecified atom stereocenters. The number of para-hydroxylation sites is 1. The molecule has 2 aromatic rings. The normalized spacial score (nSPS) is 18.9. The van der Waals surface area contributed by atoms with Crippen LogP contribution >= 0.6 is 0 Å². The molecule has 0 fully saturated rings.